The van der Waals surface area contributed by atoms with Gasteiger partial charge in [0.25, 0.3) is 0 Å². The summed E-state index contributed by atoms with van der Waals surface area (Å²) in [5.74, 6) is -0.0261. The van der Waals surface area contributed by atoms with Crippen molar-refractivity contribution < 1.29 is 13.6 Å². The molecule has 6 nitrogen and oxygen atoms in total. The van der Waals surface area contributed by atoms with E-state index >= 15 is 0 Å². The Morgan fingerprint density at radius 2 is 2.07 bits per heavy atom. The second-order valence-electron chi connectivity index (χ2n) is 8.55. The molecule has 0 amide bonds. The van der Waals surface area contributed by atoms with E-state index in [-0.39, 0.29) is 11.0 Å². The molecule has 2 aromatic carbocycles. The van der Waals surface area contributed by atoms with E-state index < -0.39 is 16.5 Å². The summed E-state index contributed by atoms with van der Waals surface area (Å²) in [6.45, 7) is 5.32. The number of carbonyl (C=O) groups excluding carboxylic acids is 1. The molecule has 1 aliphatic carbocycles. The summed E-state index contributed by atoms with van der Waals surface area (Å²) in [6, 6.07) is 13.3. The normalized spacial score (nSPS) is 20.7. The van der Waals surface area contributed by atoms with Gasteiger partial charge >= 0.3 is 0 Å². The molecule has 1 N–H and O–H groups in total. The zero-order valence-corrected chi connectivity index (χ0v) is 17.5. The molecule has 0 bridgehead atoms. The number of nitrogens with zero attached hydrogens (tertiary/aromatic N) is 2. The molecule has 2 atom stereocenters. The Hall–Kier alpha value is -2.95. The summed E-state index contributed by atoms with van der Waals surface area (Å²) in [5, 5.41) is 9.68. The molecule has 30 heavy (non-hydrogen) atoms. The summed E-state index contributed by atoms with van der Waals surface area (Å²) in [5.41, 5.74) is 4.94. The fourth-order valence-electron chi connectivity index (χ4n) is 4.80. The fourth-order valence-corrected chi connectivity index (χ4v) is 5.40. The molecule has 2 unspecified atom stereocenters. The molecule has 0 radical (unpaired) electrons. The number of aromatic amines is 1. The third-order valence-corrected chi connectivity index (χ3v) is 7.41. The summed E-state index contributed by atoms with van der Waals surface area (Å²) in [4.78, 5) is 18.9. The minimum absolute atomic E-state index is 0.0261. The summed E-state index contributed by atoms with van der Waals surface area (Å²) >= 11 is -2.07. The molecule has 7 heteroatoms. The van der Waals surface area contributed by atoms with Crippen LogP contribution in [0.5, 0.6) is 0 Å². The Labute approximate surface area is 176 Å². The SMILES string of the molecule is CC1(C)c2cc(N3CCC(S(=O)[O-])C3)ccc2C(=O)c2c1[nH]c1cc(C#N)ccc21. The van der Waals surface area contributed by atoms with Crippen molar-refractivity contribution in [2.24, 2.45) is 0 Å². The van der Waals surface area contributed by atoms with Crippen LogP contribution in [0.1, 0.15) is 53.0 Å². The van der Waals surface area contributed by atoms with Crippen LogP contribution in [0, 0.1) is 11.3 Å². The van der Waals surface area contributed by atoms with Gasteiger partial charge in [-0.15, -0.1) is 0 Å². The van der Waals surface area contributed by atoms with Crippen molar-refractivity contribution >= 4 is 33.5 Å². The van der Waals surface area contributed by atoms with Crippen LogP contribution in [0.4, 0.5) is 5.69 Å². The predicted octanol–water partition coefficient (Wildman–Crippen LogP) is 3.37. The van der Waals surface area contributed by atoms with Crippen LogP contribution in [0.2, 0.25) is 0 Å². The Kier molecular flexibility index (Phi) is 4.14. The summed E-state index contributed by atoms with van der Waals surface area (Å²) in [7, 11) is 0. The second-order valence-corrected chi connectivity index (χ2v) is 9.74. The van der Waals surface area contributed by atoms with Crippen LogP contribution in [-0.4, -0.2) is 37.9 Å². The maximum Gasteiger partial charge on any atom is 0.195 e. The standard InChI is InChI=1S/C23H21N3O3S/c1-23(2)18-10-14(26-8-7-15(12-26)30(28)29)4-6-16(18)21(27)20-17-5-3-13(11-24)9-19(17)25-22(20)23/h3-6,9-10,15,25H,7-8,12H2,1-2H3,(H,28,29)/p-1. The number of nitriles is 1. The smallest absolute Gasteiger partial charge is 0.195 e. The van der Waals surface area contributed by atoms with Gasteiger partial charge < -0.3 is 14.4 Å². The molecule has 2 heterocycles. The first-order valence-electron chi connectivity index (χ1n) is 9.90. The van der Waals surface area contributed by atoms with Crippen molar-refractivity contribution in [1.82, 2.24) is 4.98 Å². The number of carbonyl (C=O) groups is 1. The molecule has 152 valence electrons. The van der Waals surface area contributed by atoms with Crippen LogP contribution in [-0.2, 0) is 16.5 Å². The number of hydrogen-bond donors (Lipinski definition) is 1. The molecule has 1 saturated heterocycles. The van der Waals surface area contributed by atoms with Gasteiger partial charge in [-0.2, -0.15) is 5.26 Å². The minimum atomic E-state index is -2.07. The Morgan fingerprint density at radius 3 is 2.77 bits per heavy atom. The second kappa shape index (κ2) is 6.53. The topological polar surface area (TPSA) is 100 Å². The van der Waals surface area contributed by atoms with E-state index in [0.29, 0.717) is 36.2 Å². The monoisotopic (exact) mass is 418 g/mol. The number of hydrogen-bond acceptors (Lipinski definition) is 5. The highest BCUT2D eigenvalue weighted by atomic mass is 32.2. The van der Waals surface area contributed by atoms with E-state index in [1.165, 1.54) is 0 Å². The molecule has 5 rings (SSSR count). The number of H-pyrrole nitrogens is 1. The maximum atomic E-state index is 13.4. The number of anilines is 1. The van der Waals surface area contributed by atoms with E-state index in [0.717, 1.165) is 27.8 Å². The van der Waals surface area contributed by atoms with Gasteiger partial charge in [-0.3, -0.25) is 9.00 Å². The van der Waals surface area contributed by atoms with Crippen LogP contribution in [0.15, 0.2) is 36.4 Å². The van der Waals surface area contributed by atoms with E-state index in [1.807, 2.05) is 24.3 Å². The van der Waals surface area contributed by atoms with Crippen LogP contribution in [0.3, 0.4) is 0 Å². The lowest BCUT2D eigenvalue weighted by molar-refractivity contribution is 0.103. The zero-order chi connectivity index (χ0) is 21.2. The summed E-state index contributed by atoms with van der Waals surface area (Å²) in [6.07, 6.45) is 0.614. The third kappa shape index (κ3) is 2.64. The first-order chi connectivity index (χ1) is 14.3. The molecule has 3 aromatic rings. The van der Waals surface area contributed by atoms with Crippen molar-refractivity contribution in [2.45, 2.75) is 30.9 Å². The van der Waals surface area contributed by atoms with Crippen molar-refractivity contribution in [3.63, 3.8) is 0 Å². The molecular weight excluding hydrogens is 398 g/mol. The molecule has 0 saturated carbocycles. The maximum absolute atomic E-state index is 13.4. The van der Waals surface area contributed by atoms with Gasteiger partial charge in [0.05, 0.1) is 17.2 Å². The lowest BCUT2D eigenvalue weighted by atomic mass is 9.71. The van der Waals surface area contributed by atoms with Crippen molar-refractivity contribution in [2.75, 3.05) is 18.0 Å². The van der Waals surface area contributed by atoms with Gasteiger partial charge in [0.15, 0.2) is 5.78 Å². The van der Waals surface area contributed by atoms with Crippen molar-refractivity contribution in [3.8, 4) is 6.07 Å². The minimum Gasteiger partial charge on any atom is -0.772 e. The van der Waals surface area contributed by atoms with Gasteiger partial charge in [0.1, 0.15) is 0 Å². The Morgan fingerprint density at radius 1 is 1.27 bits per heavy atom. The zero-order valence-electron chi connectivity index (χ0n) is 16.7. The van der Waals surface area contributed by atoms with E-state index in [2.05, 4.69) is 29.8 Å². The van der Waals surface area contributed by atoms with Gasteiger partial charge in [-0.25, -0.2) is 0 Å². The lowest BCUT2D eigenvalue weighted by Gasteiger charge is -2.33. The number of benzene rings is 2. The first-order valence-corrected chi connectivity index (χ1v) is 11.0. The van der Waals surface area contributed by atoms with Crippen molar-refractivity contribution in [1.29, 1.82) is 5.26 Å². The lowest BCUT2D eigenvalue weighted by Crippen LogP contribution is -2.31. The molecule has 1 aromatic heterocycles. The number of fused-ring (bicyclic) bond motifs is 4. The predicted molar refractivity (Wildman–Crippen MR) is 115 cm³/mol. The first kappa shape index (κ1) is 19.0. The highest BCUT2D eigenvalue weighted by Crippen LogP contribution is 2.45. The average Bonchev–Trinajstić information content (AvgIpc) is 3.37. The molecule has 0 spiro atoms. The van der Waals surface area contributed by atoms with Crippen LogP contribution >= 0.6 is 0 Å². The molecule has 1 fully saturated rings. The third-order valence-electron chi connectivity index (χ3n) is 6.48. The molecule has 1 aliphatic heterocycles. The van der Waals surface area contributed by atoms with E-state index in [4.69, 9.17) is 0 Å². The van der Waals surface area contributed by atoms with E-state index in [1.54, 1.807) is 12.1 Å². The van der Waals surface area contributed by atoms with Crippen LogP contribution in [0.25, 0.3) is 10.9 Å². The van der Waals surface area contributed by atoms with Gasteiger partial charge in [-0.1, -0.05) is 31.0 Å². The molecular formula is C23H20N3O3S-. The number of rotatable bonds is 2. The fraction of sp³-hybridized carbons (Fsp3) is 0.304. The van der Waals surface area contributed by atoms with Gasteiger partial charge in [-0.05, 0) is 42.3 Å². The highest BCUT2D eigenvalue weighted by Gasteiger charge is 2.40. The quantitative estimate of drug-likeness (QED) is 0.643. The Bertz CT molecular complexity index is 1280. The highest BCUT2D eigenvalue weighted by molar-refractivity contribution is 7.79. The Balaban J connectivity index is 1.63. The summed E-state index contributed by atoms with van der Waals surface area (Å²) < 4.78 is 22.7. The molecule has 2 aliphatic rings. The van der Waals surface area contributed by atoms with Crippen molar-refractivity contribution in [3.05, 3.63) is 64.3 Å². The van der Waals surface area contributed by atoms with E-state index in [9.17, 15) is 18.8 Å². The van der Waals surface area contributed by atoms with Gasteiger partial charge in [0.2, 0.25) is 0 Å². The van der Waals surface area contributed by atoms with Gasteiger partial charge in [0, 0.05) is 51.6 Å². The number of nitrogens with one attached hydrogen (secondary N) is 1. The number of ketones is 1. The number of aromatic nitrogens is 1. The van der Waals surface area contributed by atoms with Crippen LogP contribution < -0.4 is 4.90 Å². The largest absolute Gasteiger partial charge is 0.772 e. The average molecular weight is 418 g/mol.